The zero-order chi connectivity index (χ0) is 18.8. The van der Waals surface area contributed by atoms with Gasteiger partial charge in [-0.2, -0.15) is 0 Å². The van der Waals surface area contributed by atoms with Crippen molar-refractivity contribution in [1.29, 1.82) is 0 Å². The van der Waals surface area contributed by atoms with Crippen LogP contribution in [0.2, 0.25) is 0 Å². The van der Waals surface area contributed by atoms with Gasteiger partial charge < -0.3 is 25.4 Å². The number of carboxylic acid groups (broad SMARTS) is 1. The zero-order valence-electron chi connectivity index (χ0n) is 13.5. The first-order chi connectivity index (χ1) is 12.4. The Morgan fingerprint density at radius 2 is 2.38 bits per heavy atom. The number of hydrogen-bond acceptors (Lipinski definition) is 9. The van der Waals surface area contributed by atoms with Crippen LogP contribution >= 0.6 is 11.8 Å². The van der Waals surface area contributed by atoms with Gasteiger partial charge in [-0.15, -0.1) is 11.8 Å². The smallest absolute Gasteiger partial charge is 0.352 e. The van der Waals surface area contributed by atoms with E-state index in [0.717, 1.165) is 6.21 Å². The van der Waals surface area contributed by atoms with Crippen molar-refractivity contribution in [3.05, 3.63) is 23.2 Å². The number of H-pyrrole nitrogens is 1. The number of imidazole rings is 1. The lowest BCUT2D eigenvalue weighted by Crippen LogP contribution is -2.67. The molecule has 3 rings (SSSR count). The number of thioether (sulfide) groups is 1. The molecule has 2 atom stereocenters. The van der Waals surface area contributed by atoms with Gasteiger partial charge in [0.1, 0.15) is 23.7 Å². The van der Waals surface area contributed by atoms with Crippen molar-refractivity contribution in [2.24, 2.45) is 5.16 Å². The number of β-lactam (4-membered cyclic amide) rings is 1. The molecular formula is C14H15N5O6S. The van der Waals surface area contributed by atoms with Crippen molar-refractivity contribution in [3.63, 3.8) is 0 Å². The number of carbonyl (C=O) groups is 3. The maximum Gasteiger partial charge on any atom is 0.352 e. The molecule has 1 fully saturated rings. The van der Waals surface area contributed by atoms with E-state index < -0.39 is 29.3 Å². The van der Waals surface area contributed by atoms with Crippen LogP contribution in [0.4, 0.5) is 5.95 Å². The van der Waals surface area contributed by atoms with Crippen LogP contribution in [-0.4, -0.2) is 73.0 Å². The third-order valence-electron chi connectivity index (χ3n) is 3.78. The second kappa shape index (κ2) is 7.07. The molecule has 0 aromatic carbocycles. The summed E-state index contributed by atoms with van der Waals surface area (Å²) in [4.78, 5) is 43.0. The fraction of sp³-hybridized carbons (Fsp3) is 0.357. The predicted octanol–water partition coefficient (Wildman–Crippen LogP) is -0.185. The van der Waals surface area contributed by atoms with Gasteiger partial charge in [0.25, 0.3) is 5.91 Å². The second-order valence-electron chi connectivity index (χ2n) is 5.50. The van der Waals surface area contributed by atoms with Crippen molar-refractivity contribution in [2.45, 2.75) is 18.3 Å². The van der Waals surface area contributed by atoms with Crippen LogP contribution in [0.25, 0.3) is 0 Å². The number of hydrogen-bond donors (Lipinski definition) is 4. The van der Waals surface area contributed by atoms with E-state index >= 15 is 0 Å². The number of ether oxygens (including phenoxy) is 1. The lowest BCUT2D eigenvalue weighted by molar-refractivity contribution is -0.147. The monoisotopic (exact) mass is 381 g/mol. The number of esters is 1. The highest BCUT2D eigenvalue weighted by atomic mass is 32.2. The summed E-state index contributed by atoms with van der Waals surface area (Å²) in [6, 6.07) is -0.658. The number of nitrogens with zero attached hydrogens (tertiary/aromatic N) is 3. The van der Waals surface area contributed by atoms with Crippen LogP contribution in [0.5, 0.6) is 0 Å². The van der Waals surface area contributed by atoms with Gasteiger partial charge in [0.2, 0.25) is 5.95 Å². The van der Waals surface area contributed by atoms with Crippen LogP contribution < -0.4 is 5.32 Å². The fourth-order valence-electron chi connectivity index (χ4n) is 2.67. The normalized spacial score (nSPS) is 22.2. The molecule has 0 spiro atoms. The molecule has 26 heavy (non-hydrogen) atoms. The number of anilines is 1. The van der Waals surface area contributed by atoms with Crippen molar-refractivity contribution in [1.82, 2.24) is 14.9 Å². The number of carboxylic acids is 1. The molecule has 138 valence electrons. The first-order valence-electron chi connectivity index (χ1n) is 7.44. The first kappa shape index (κ1) is 17.8. The summed E-state index contributed by atoms with van der Waals surface area (Å²) in [6.45, 7) is 1.06. The number of oxime groups is 1. The lowest BCUT2D eigenvalue weighted by Gasteiger charge is -2.49. The van der Waals surface area contributed by atoms with E-state index in [1.807, 2.05) is 0 Å². The number of carbonyl (C=O) groups excluding carboxylic acids is 2. The average molecular weight is 381 g/mol. The summed E-state index contributed by atoms with van der Waals surface area (Å²) in [5.41, 5.74) is 0.663. The van der Waals surface area contributed by atoms with E-state index in [4.69, 9.17) is 9.94 Å². The molecule has 1 aromatic rings. The minimum absolute atomic E-state index is 0.148. The lowest BCUT2D eigenvalue weighted by atomic mass is 10.0. The van der Waals surface area contributed by atoms with E-state index in [9.17, 15) is 19.5 Å². The summed E-state index contributed by atoms with van der Waals surface area (Å²) < 4.78 is 4.88. The van der Waals surface area contributed by atoms with Crippen molar-refractivity contribution < 1.29 is 29.4 Å². The Morgan fingerprint density at radius 3 is 3.04 bits per heavy atom. The Hall–Kier alpha value is -3.02. The maximum atomic E-state index is 12.5. The zero-order valence-corrected chi connectivity index (χ0v) is 14.3. The van der Waals surface area contributed by atoms with Gasteiger partial charge in [-0.25, -0.2) is 9.78 Å². The summed E-state index contributed by atoms with van der Waals surface area (Å²) in [7, 11) is 0. The third kappa shape index (κ3) is 3.22. The van der Waals surface area contributed by atoms with E-state index in [-0.39, 0.29) is 12.3 Å². The topological polar surface area (TPSA) is 157 Å². The average Bonchev–Trinajstić information content (AvgIpc) is 3.04. The highest BCUT2D eigenvalue weighted by Gasteiger charge is 2.54. The number of amides is 1. The molecule has 2 aliphatic rings. The molecule has 0 bridgehead atoms. The van der Waals surface area contributed by atoms with Gasteiger partial charge in [0.05, 0.1) is 18.1 Å². The minimum Gasteiger partial charge on any atom is -0.477 e. The van der Waals surface area contributed by atoms with Gasteiger partial charge in [0.15, 0.2) is 0 Å². The molecule has 11 nitrogen and oxygen atoms in total. The summed E-state index contributed by atoms with van der Waals surface area (Å²) in [5, 5.41) is 23.3. The minimum atomic E-state index is -1.25. The van der Waals surface area contributed by atoms with Crippen LogP contribution in [-0.2, 0) is 19.1 Å². The molecule has 0 radical (unpaired) electrons. The van der Waals surface area contributed by atoms with E-state index in [1.165, 1.54) is 29.8 Å². The Kier molecular flexibility index (Phi) is 4.84. The molecule has 12 heteroatoms. The van der Waals surface area contributed by atoms with Gasteiger partial charge in [-0.1, -0.05) is 5.16 Å². The van der Waals surface area contributed by atoms with E-state index in [1.54, 1.807) is 0 Å². The summed E-state index contributed by atoms with van der Waals surface area (Å²) in [6.07, 6.45) is 2.56. The number of aliphatic carboxylic acids is 1. The molecule has 1 aromatic heterocycles. The molecule has 1 amide bonds. The standard InChI is InChI=1S/C14H15N5O6S/c1-6(20)25-4-7-5-26-12-9(11(21)19(12)10(7)13(22)23)18-14-15-2-8(17-14)3-16-24/h2-3,9,12,24H,4-5H2,1H3,(H,22,23)(H2,15,17,18)/t9?,12-/m0/s1. The SMILES string of the molecule is CC(=O)OCC1=C(C(=O)O)N2C(=O)C(Nc3ncc(C=NO)[nH]3)[C@@H]2SC1. The molecular weight excluding hydrogens is 366 g/mol. The highest BCUT2D eigenvalue weighted by Crippen LogP contribution is 2.41. The van der Waals surface area contributed by atoms with Crippen LogP contribution in [0, 0.1) is 0 Å². The largest absolute Gasteiger partial charge is 0.477 e. The Bertz CT molecular complexity index is 819. The van der Waals surface area contributed by atoms with Gasteiger partial charge in [-0.05, 0) is 0 Å². The Morgan fingerprint density at radius 1 is 1.62 bits per heavy atom. The molecule has 2 aliphatic heterocycles. The van der Waals surface area contributed by atoms with E-state index in [2.05, 4.69) is 20.4 Å². The van der Waals surface area contributed by atoms with Gasteiger partial charge >= 0.3 is 11.9 Å². The van der Waals surface area contributed by atoms with Crippen LogP contribution in [0.15, 0.2) is 22.6 Å². The first-order valence-corrected chi connectivity index (χ1v) is 8.49. The molecule has 1 unspecified atom stereocenters. The van der Waals surface area contributed by atoms with Gasteiger partial charge in [-0.3, -0.25) is 14.5 Å². The number of fused-ring (bicyclic) bond motifs is 1. The number of rotatable bonds is 6. The molecule has 0 saturated carbocycles. The quantitative estimate of drug-likeness (QED) is 0.172. The third-order valence-corrected chi connectivity index (χ3v) is 5.12. The summed E-state index contributed by atoms with van der Waals surface area (Å²) in [5.74, 6) is -1.58. The van der Waals surface area contributed by atoms with Crippen molar-refractivity contribution in [2.75, 3.05) is 17.7 Å². The number of nitrogens with one attached hydrogen (secondary N) is 2. The van der Waals surface area contributed by atoms with Crippen molar-refractivity contribution >= 4 is 41.8 Å². The van der Waals surface area contributed by atoms with Gasteiger partial charge in [0, 0.05) is 18.2 Å². The summed E-state index contributed by atoms with van der Waals surface area (Å²) >= 11 is 1.36. The van der Waals surface area contributed by atoms with Crippen LogP contribution in [0.1, 0.15) is 12.6 Å². The molecule has 3 heterocycles. The maximum absolute atomic E-state index is 12.5. The molecule has 0 aliphatic carbocycles. The highest BCUT2D eigenvalue weighted by molar-refractivity contribution is 8.00. The van der Waals surface area contributed by atoms with Crippen LogP contribution in [0.3, 0.4) is 0 Å². The fourth-order valence-corrected chi connectivity index (χ4v) is 3.99. The number of aromatic amines is 1. The second-order valence-corrected chi connectivity index (χ2v) is 6.61. The number of aromatic nitrogens is 2. The predicted molar refractivity (Wildman–Crippen MR) is 89.8 cm³/mol. The molecule has 4 N–H and O–H groups in total. The van der Waals surface area contributed by atoms with Crippen molar-refractivity contribution in [3.8, 4) is 0 Å². The molecule has 1 saturated heterocycles. The Labute approximate surface area is 151 Å². The van der Waals surface area contributed by atoms with E-state index in [0.29, 0.717) is 23.0 Å². The Balaban J connectivity index is 1.75.